The van der Waals surface area contributed by atoms with Crippen molar-refractivity contribution < 1.29 is 10.1 Å². The van der Waals surface area contributed by atoms with E-state index in [1.54, 1.807) is 0 Å². The number of nitrogens with two attached hydrogens (primary N) is 1. The number of quaternary nitrogens is 1. The van der Waals surface area contributed by atoms with Crippen LogP contribution >= 0.6 is 0 Å². The molecule has 1 aromatic rings. The topological polar surface area (TPSA) is 25.8 Å². The number of rotatable bonds is 9. The summed E-state index contributed by atoms with van der Waals surface area (Å²) < 4.78 is 5.79. The van der Waals surface area contributed by atoms with Crippen LogP contribution in [0.15, 0.2) is 24.3 Å². The lowest BCUT2D eigenvalue weighted by Crippen LogP contribution is -2.84. The van der Waals surface area contributed by atoms with Crippen LogP contribution in [0.2, 0.25) is 0 Å². The zero-order valence-corrected chi connectivity index (χ0v) is 13.7. The van der Waals surface area contributed by atoms with E-state index in [-0.39, 0.29) is 5.41 Å². The fourth-order valence-electron chi connectivity index (χ4n) is 2.12. The number of benzene rings is 1. The first-order valence-electron chi connectivity index (χ1n) is 8.09. The Labute approximate surface area is 124 Å². The number of hydrogen-bond donors (Lipinski definition) is 1. The van der Waals surface area contributed by atoms with Crippen molar-refractivity contribution >= 4 is 0 Å². The summed E-state index contributed by atoms with van der Waals surface area (Å²) >= 11 is 0. The molecule has 0 heterocycles. The van der Waals surface area contributed by atoms with E-state index in [9.17, 15) is 0 Å². The highest BCUT2D eigenvalue weighted by Crippen LogP contribution is 2.24. The molecule has 1 rings (SSSR count). The summed E-state index contributed by atoms with van der Waals surface area (Å²) in [6, 6.07) is 8.53. The predicted octanol–water partition coefficient (Wildman–Crippen LogP) is 3.51. The zero-order chi connectivity index (χ0) is 14.8. The molecule has 0 radical (unpaired) electrons. The van der Waals surface area contributed by atoms with Gasteiger partial charge in [-0.3, -0.25) is 0 Å². The van der Waals surface area contributed by atoms with Gasteiger partial charge in [-0.25, -0.2) is 0 Å². The lowest BCUT2D eigenvalue weighted by atomic mass is 9.87. The van der Waals surface area contributed by atoms with Gasteiger partial charge in [0.25, 0.3) is 0 Å². The summed E-state index contributed by atoms with van der Waals surface area (Å²) in [6.07, 6.45) is 5.01. The van der Waals surface area contributed by atoms with E-state index in [4.69, 9.17) is 4.74 Å². The Bertz CT molecular complexity index is 351. The maximum Gasteiger partial charge on any atom is 0.119 e. The molecule has 0 aliphatic heterocycles. The van der Waals surface area contributed by atoms with Gasteiger partial charge in [0, 0.05) is 0 Å². The molecule has 0 bridgehead atoms. The maximum atomic E-state index is 5.79. The van der Waals surface area contributed by atoms with Crippen LogP contribution in [0.5, 0.6) is 5.75 Å². The monoisotopic (exact) mass is 278 g/mol. The molecule has 0 atom stereocenters. The van der Waals surface area contributed by atoms with E-state index in [0.29, 0.717) is 0 Å². The van der Waals surface area contributed by atoms with Gasteiger partial charge in [-0.1, -0.05) is 46.2 Å². The van der Waals surface area contributed by atoms with Crippen LogP contribution in [0.3, 0.4) is 0 Å². The van der Waals surface area contributed by atoms with Crippen LogP contribution in [-0.4, -0.2) is 19.7 Å². The molecule has 0 amide bonds. The second-order valence-corrected chi connectivity index (χ2v) is 6.55. The Morgan fingerprint density at radius 1 is 0.950 bits per heavy atom. The average molecular weight is 278 g/mol. The molecule has 1 aromatic carbocycles. The lowest BCUT2D eigenvalue weighted by molar-refractivity contribution is -0.655. The Morgan fingerprint density at radius 3 is 2.20 bits per heavy atom. The van der Waals surface area contributed by atoms with Crippen LogP contribution in [0.25, 0.3) is 0 Å². The second kappa shape index (κ2) is 9.02. The van der Waals surface area contributed by atoms with E-state index in [1.807, 2.05) is 0 Å². The Hall–Kier alpha value is -1.02. The van der Waals surface area contributed by atoms with Crippen molar-refractivity contribution in [3.63, 3.8) is 0 Å². The van der Waals surface area contributed by atoms with Gasteiger partial charge in [-0.2, -0.15) is 0 Å². The van der Waals surface area contributed by atoms with E-state index in [1.165, 1.54) is 37.9 Å². The second-order valence-electron chi connectivity index (χ2n) is 6.55. The molecule has 0 fully saturated rings. The predicted molar refractivity (Wildman–Crippen MR) is 86.4 cm³/mol. The normalized spacial score (nSPS) is 11.6. The van der Waals surface area contributed by atoms with Crippen LogP contribution in [0.4, 0.5) is 0 Å². The van der Waals surface area contributed by atoms with Gasteiger partial charge < -0.3 is 10.1 Å². The lowest BCUT2D eigenvalue weighted by Gasteiger charge is -2.19. The fourth-order valence-corrected chi connectivity index (χ4v) is 2.12. The van der Waals surface area contributed by atoms with Crippen molar-refractivity contribution in [1.29, 1.82) is 0 Å². The molecule has 20 heavy (non-hydrogen) atoms. The van der Waals surface area contributed by atoms with Crippen molar-refractivity contribution in [1.82, 2.24) is 0 Å². The van der Waals surface area contributed by atoms with Crippen LogP contribution in [0, 0.1) is 0 Å². The van der Waals surface area contributed by atoms with E-state index >= 15 is 0 Å². The van der Waals surface area contributed by atoms with Gasteiger partial charge in [0.05, 0.1) is 19.7 Å². The van der Waals surface area contributed by atoms with Crippen molar-refractivity contribution in [3.05, 3.63) is 29.8 Å². The maximum absolute atomic E-state index is 5.79. The summed E-state index contributed by atoms with van der Waals surface area (Å²) in [5.74, 6) is 0.993. The quantitative estimate of drug-likeness (QED) is 0.687. The minimum absolute atomic E-state index is 0.215. The molecule has 2 nitrogen and oxygen atoms in total. The SMILES string of the molecule is CCCC[NH2+]CCCCOc1ccc(C(C)(C)C)cc1. The van der Waals surface area contributed by atoms with Crippen LogP contribution in [0.1, 0.15) is 58.9 Å². The highest BCUT2D eigenvalue weighted by molar-refractivity contribution is 5.31. The molecular weight excluding hydrogens is 246 g/mol. The Kier molecular flexibility index (Phi) is 7.68. The number of hydrogen-bond acceptors (Lipinski definition) is 1. The molecule has 0 saturated carbocycles. The first-order chi connectivity index (χ1) is 9.54. The Balaban J connectivity index is 2.13. The largest absolute Gasteiger partial charge is 0.494 e. The van der Waals surface area contributed by atoms with E-state index in [2.05, 4.69) is 57.3 Å². The highest BCUT2D eigenvalue weighted by Gasteiger charge is 2.12. The van der Waals surface area contributed by atoms with E-state index < -0.39 is 0 Å². The third kappa shape index (κ3) is 6.95. The molecular formula is C18H32NO+. The number of ether oxygens (including phenoxy) is 1. The average Bonchev–Trinajstić information content (AvgIpc) is 2.41. The summed E-state index contributed by atoms with van der Waals surface area (Å²) in [5, 5.41) is 2.42. The summed E-state index contributed by atoms with van der Waals surface area (Å²) in [5.41, 5.74) is 1.57. The molecule has 0 unspecified atom stereocenters. The molecule has 0 spiro atoms. The summed E-state index contributed by atoms with van der Waals surface area (Å²) in [6.45, 7) is 12.3. The minimum atomic E-state index is 0.215. The van der Waals surface area contributed by atoms with Gasteiger partial charge in [0.15, 0.2) is 0 Å². The number of unbranched alkanes of at least 4 members (excludes halogenated alkanes) is 2. The van der Waals surface area contributed by atoms with Crippen LogP contribution < -0.4 is 10.1 Å². The molecule has 0 aliphatic carbocycles. The minimum Gasteiger partial charge on any atom is -0.494 e. The summed E-state index contributed by atoms with van der Waals surface area (Å²) in [7, 11) is 0. The summed E-state index contributed by atoms with van der Waals surface area (Å²) in [4.78, 5) is 0. The van der Waals surface area contributed by atoms with Crippen LogP contribution in [-0.2, 0) is 5.41 Å². The molecule has 2 heteroatoms. The third-order valence-electron chi connectivity index (χ3n) is 3.55. The Morgan fingerprint density at radius 2 is 1.60 bits per heavy atom. The zero-order valence-electron chi connectivity index (χ0n) is 13.7. The third-order valence-corrected chi connectivity index (χ3v) is 3.55. The molecule has 0 aromatic heterocycles. The standard InChI is InChI=1S/C18H31NO/c1-5-6-13-19-14-7-8-15-20-17-11-9-16(10-12-17)18(2,3)4/h9-12,19H,5-8,13-15H2,1-4H3/p+1. The van der Waals surface area contributed by atoms with Gasteiger partial charge in [-0.15, -0.1) is 0 Å². The molecule has 0 saturated heterocycles. The van der Waals surface area contributed by atoms with Crippen molar-refractivity contribution in [3.8, 4) is 5.75 Å². The first kappa shape index (κ1) is 17.0. The first-order valence-corrected chi connectivity index (χ1v) is 8.09. The van der Waals surface area contributed by atoms with Crippen molar-refractivity contribution in [2.24, 2.45) is 0 Å². The van der Waals surface area contributed by atoms with Crippen molar-refractivity contribution in [2.75, 3.05) is 19.7 Å². The highest BCUT2D eigenvalue weighted by atomic mass is 16.5. The fraction of sp³-hybridized carbons (Fsp3) is 0.667. The molecule has 2 N–H and O–H groups in total. The molecule has 0 aliphatic rings. The van der Waals surface area contributed by atoms with E-state index in [0.717, 1.165) is 18.8 Å². The van der Waals surface area contributed by atoms with Crippen molar-refractivity contribution in [2.45, 2.75) is 58.8 Å². The van der Waals surface area contributed by atoms with Gasteiger partial charge in [0.1, 0.15) is 5.75 Å². The molecule has 114 valence electrons. The smallest absolute Gasteiger partial charge is 0.119 e. The van der Waals surface area contributed by atoms with Gasteiger partial charge in [-0.05, 0) is 42.4 Å². The van der Waals surface area contributed by atoms with Gasteiger partial charge >= 0.3 is 0 Å². The van der Waals surface area contributed by atoms with Gasteiger partial charge in [0.2, 0.25) is 0 Å².